The van der Waals surface area contributed by atoms with E-state index in [1.54, 1.807) is 44.1 Å². The molecule has 2 unspecified atom stereocenters. The quantitative estimate of drug-likeness (QED) is 0.142. The van der Waals surface area contributed by atoms with Crippen molar-refractivity contribution in [3.05, 3.63) is 65.5 Å². The number of fused-ring (bicyclic) bond motifs is 1. The number of nitrogens with one attached hydrogen (secondary N) is 1. The summed E-state index contributed by atoms with van der Waals surface area (Å²) in [5, 5.41) is 23.6. The van der Waals surface area contributed by atoms with E-state index < -0.39 is 83.4 Å². The molecule has 4 N–H and O–H groups in total. The molecule has 13 atom stereocenters. The summed E-state index contributed by atoms with van der Waals surface area (Å²) in [6, 6.07) is 4.99. The number of rotatable bonds is 11. The molecule has 20 heteroatoms. The number of Topliss-reactive ketones (excluding diaryl/α,β-unsaturated/α-hetero) is 1. The third-order valence-corrected chi connectivity index (χ3v) is 13.1. The van der Waals surface area contributed by atoms with Gasteiger partial charge in [0.2, 0.25) is 0 Å². The Morgan fingerprint density at radius 1 is 1.06 bits per heavy atom. The molecule has 0 radical (unpaired) electrons. The highest BCUT2D eigenvalue weighted by Gasteiger charge is 2.63. The van der Waals surface area contributed by atoms with Crippen LogP contribution in [-0.2, 0) is 45.5 Å². The number of hydrogen-bond donors (Lipinski definition) is 3. The van der Waals surface area contributed by atoms with E-state index in [9.17, 15) is 24.3 Å². The molecule has 3 aromatic rings. The van der Waals surface area contributed by atoms with E-state index in [2.05, 4.69) is 25.6 Å². The minimum absolute atomic E-state index is 0.0195. The van der Waals surface area contributed by atoms with E-state index in [-0.39, 0.29) is 36.8 Å². The number of carbonyl (C=O) groups excluding carboxylic acids is 3. The van der Waals surface area contributed by atoms with Crippen LogP contribution in [0.3, 0.4) is 0 Å². The summed E-state index contributed by atoms with van der Waals surface area (Å²) in [6.45, 7) is 13.2. The molecule has 3 aromatic heterocycles. The molecule has 3 saturated heterocycles. The lowest BCUT2D eigenvalue weighted by Crippen LogP contribution is -2.65. The van der Waals surface area contributed by atoms with Crippen LogP contribution in [0.2, 0.25) is 0 Å². The summed E-state index contributed by atoms with van der Waals surface area (Å²) in [6.07, 6.45) is 3.87. The largest absolute Gasteiger partial charge is 0.455 e. The highest BCUT2D eigenvalue weighted by atomic mass is 16.7. The first kappa shape index (κ1) is 49.3. The van der Waals surface area contributed by atoms with Gasteiger partial charge in [-0.1, -0.05) is 44.2 Å². The van der Waals surface area contributed by atoms with Gasteiger partial charge in [0, 0.05) is 44.0 Å². The second-order valence-corrected chi connectivity index (χ2v) is 18.1. The number of ketones is 1. The van der Waals surface area contributed by atoms with Gasteiger partial charge in [0.05, 0.1) is 36.2 Å². The van der Waals surface area contributed by atoms with Crippen molar-refractivity contribution in [2.45, 2.75) is 134 Å². The number of methoxy groups -OCH3 is 1. The first-order valence-electron chi connectivity index (χ1n) is 22.3. The van der Waals surface area contributed by atoms with Gasteiger partial charge < -0.3 is 44.7 Å². The maximum atomic E-state index is 14.6. The third-order valence-electron chi connectivity index (χ3n) is 13.1. The summed E-state index contributed by atoms with van der Waals surface area (Å²) in [7, 11) is 5.29. The Kier molecular flexibility index (Phi) is 15.6. The molecule has 0 aromatic carbocycles. The number of aliphatic hydroxyl groups is 1. The first-order chi connectivity index (χ1) is 30.8. The average molecular weight is 907 g/mol. The maximum absolute atomic E-state index is 14.6. The van der Waals surface area contributed by atoms with Crippen molar-refractivity contribution in [3.8, 4) is 11.4 Å². The van der Waals surface area contributed by atoms with Gasteiger partial charge in [0.25, 0.3) is 5.72 Å². The van der Waals surface area contributed by atoms with Crippen molar-refractivity contribution in [1.29, 1.82) is 0 Å². The van der Waals surface area contributed by atoms with Crippen molar-refractivity contribution >= 4 is 23.7 Å². The second kappa shape index (κ2) is 20.6. The monoisotopic (exact) mass is 906 g/mol. The van der Waals surface area contributed by atoms with Gasteiger partial charge in [-0.15, -0.1) is 5.10 Å². The average Bonchev–Trinajstić information content (AvgIpc) is 3.87. The number of amides is 1. The zero-order valence-electron chi connectivity index (χ0n) is 39.1. The highest BCUT2D eigenvalue weighted by Crippen LogP contribution is 2.43. The van der Waals surface area contributed by atoms with Gasteiger partial charge in [-0.2, -0.15) is 4.98 Å². The molecule has 20 nitrogen and oxygen atoms in total. The fourth-order valence-corrected chi connectivity index (χ4v) is 9.62. The van der Waals surface area contributed by atoms with E-state index in [1.165, 1.54) is 24.1 Å². The van der Waals surface area contributed by atoms with E-state index in [1.807, 2.05) is 71.0 Å². The van der Waals surface area contributed by atoms with E-state index in [0.717, 1.165) is 4.57 Å². The third kappa shape index (κ3) is 10.3. The number of carbonyl (C=O) groups is 3. The number of nitrogens with two attached hydrogens (primary N) is 1. The molecule has 0 bridgehead atoms. The van der Waals surface area contributed by atoms with Crippen LogP contribution in [-0.4, -0.2) is 151 Å². The van der Waals surface area contributed by atoms with Crippen LogP contribution < -0.4 is 16.7 Å². The number of pyridine rings is 1. The topological polar surface area (TPSA) is 241 Å². The lowest BCUT2D eigenvalue weighted by molar-refractivity contribution is -0.295. The number of likely N-dealkylation sites (N-methyl/N-ethyl adjacent to an activating group) is 1. The number of aromatic nitrogens is 6. The summed E-state index contributed by atoms with van der Waals surface area (Å²) in [4.78, 5) is 69.1. The predicted octanol–water partition coefficient (Wildman–Crippen LogP) is 2.61. The smallest absolute Gasteiger partial charge is 0.412 e. The maximum Gasteiger partial charge on any atom is 0.412 e. The van der Waals surface area contributed by atoms with Gasteiger partial charge in [0.1, 0.15) is 29.6 Å². The summed E-state index contributed by atoms with van der Waals surface area (Å²) in [5.74, 6) is -3.99. The highest BCUT2D eigenvalue weighted by molar-refractivity contribution is 6.00. The lowest BCUT2D eigenvalue weighted by Gasteiger charge is -2.46. The molecule has 0 aliphatic carbocycles. The fraction of sp³-hybridized carbons (Fsp3) is 0.644. The molecule has 356 valence electrons. The van der Waals surface area contributed by atoms with Crippen molar-refractivity contribution < 1.29 is 43.2 Å². The Morgan fingerprint density at radius 3 is 2.46 bits per heavy atom. The second-order valence-electron chi connectivity index (χ2n) is 18.1. The number of esters is 1. The first-order valence-corrected chi connectivity index (χ1v) is 22.3. The number of ether oxygens (including phenoxy) is 5. The van der Waals surface area contributed by atoms with Gasteiger partial charge >= 0.3 is 17.8 Å². The molecule has 3 fully saturated rings. The number of cyclic esters (lactones) is 1. The van der Waals surface area contributed by atoms with Crippen LogP contribution in [0.1, 0.15) is 67.7 Å². The van der Waals surface area contributed by atoms with Crippen LogP contribution in [0.15, 0.2) is 59.8 Å². The minimum atomic E-state index is -2.00. The number of allylic oxidation sites excluding steroid dienone is 1. The van der Waals surface area contributed by atoms with E-state index in [0.29, 0.717) is 37.3 Å². The molecular weight excluding hydrogens is 841 g/mol. The number of anilines is 1. The van der Waals surface area contributed by atoms with Gasteiger partial charge in [-0.25, -0.2) is 14.3 Å². The molecule has 3 aliphatic rings. The Bertz CT molecular complexity index is 2210. The van der Waals surface area contributed by atoms with Crippen molar-refractivity contribution in [2.75, 3.05) is 40.0 Å². The van der Waals surface area contributed by atoms with Gasteiger partial charge in [0.15, 0.2) is 18.2 Å². The summed E-state index contributed by atoms with van der Waals surface area (Å²) >= 11 is 0. The van der Waals surface area contributed by atoms with E-state index in [4.69, 9.17) is 29.4 Å². The fourth-order valence-electron chi connectivity index (χ4n) is 9.62. The van der Waals surface area contributed by atoms with Gasteiger partial charge in [-0.3, -0.25) is 24.0 Å². The van der Waals surface area contributed by atoms with Crippen LogP contribution >= 0.6 is 0 Å². The number of aliphatic hydroxyl groups excluding tert-OH is 1. The number of nitrogens with zero attached hydrogens (tertiary/aromatic N) is 8. The van der Waals surface area contributed by atoms with Crippen LogP contribution in [0, 0.1) is 17.8 Å². The molecule has 6 rings (SSSR count). The van der Waals surface area contributed by atoms with E-state index >= 15 is 0 Å². The molecule has 6 heterocycles. The van der Waals surface area contributed by atoms with Gasteiger partial charge in [-0.05, 0) is 91.7 Å². The molecule has 1 amide bonds. The summed E-state index contributed by atoms with van der Waals surface area (Å²) < 4.78 is 34.6. The standard InChI is InChI=1S/C45H66N10O10/c1-11-34-45(55-21-17-35(46)49-42(55)59)38(54(43(60)65-45)20-15-14-19-53-25-32(50-51-53)31-16-12-13-18-47-31)30(6)48-24-26(2)23-44(7,61-10)39(28(4)36(56)29(5)40(58)63-34)64-41-37(57)33(52(8)9)22-27(3)62-41/h12-18,21,25-30,33-34,37-39,41,48,57H,11,19-20,22-24H2,1-10H3,(H2,46,49,59)/b15-14+/t26-,27-,28+,29-,30-,33?,34-,37?,38-,39-,41+,44-,45-/m1/s1. The molecule has 3 aliphatic heterocycles. The van der Waals surface area contributed by atoms with Crippen LogP contribution in [0.5, 0.6) is 0 Å². The van der Waals surface area contributed by atoms with Crippen LogP contribution in [0.4, 0.5) is 10.6 Å². The zero-order chi connectivity index (χ0) is 47.4. The zero-order valence-corrected chi connectivity index (χ0v) is 39.1. The Hall–Kier alpha value is -5.12. The SMILES string of the molecule is CC[C@H]1OC(=O)[C@H](C)C(=O)[C@H](C)[C@@H](O[C@@H]2O[C@H](C)CC(N(C)C)C2O)[C@](C)(OC)C[C@@H](C)CN[C@H](C)[C@H]2N(C/C=C/Cn3cc(-c4ccccn4)nn3)C(=O)O[C@]12n1ccc(N)nc1=O. The Labute approximate surface area is 379 Å². The van der Waals surface area contributed by atoms with Crippen molar-refractivity contribution in [3.63, 3.8) is 0 Å². The minimum Gasteiger partial charge on any atom is -0.455 e. The Morgan fingerprint density at radius 2 is 1.80 bits per heavy atom. The molecule has 65 heavy (non-hydrogen) atoms. The molecular formula is C45H66N10O10. The number of nitrogen functional groups attached to an aromatic ring is 1. The lowest BCUT2D eigenvalue weighted by atomic mass is 9.78. The van der Waals surface area contributed by atoms with Crippen molar-refractivity contribution in [2.24, 2.45) is 17.8 Å². The number of hydrogen-bond acceptors (Lipinski definition) is 17. The van der Waals surface area contributed by atoms with Crippen molar-refractivity contribution in [1.82, 2.24) is 44.6 Å². The molecule has 0 saturated carbocycles. The van der Waals surface area contributed by atoms with Crippen LogP contribution in [0.25, 0.3) is 11.4 Å². The predicted molar refractivity (Wildman–Crippen MR) is 238 cm³/mol. The normalized spacial score (nSPS) is 34.2. The molecule has 0 spiro atoms. The summed E-state index contributed by atoms with van der Waals surface area (Å²) in [5.41, 5.74) is 3.26. The Balaban J connectivity index is 1.38.